The van der Waals surface area contributed by atoms with E-state index in [0.29, 0.717) is 38.4 Å². The Morgan fingerprint density at radius 3 is 2.84 bits per heavy atom. The van der Waals surface area contributed by atoms with Crippen molar-refractivity contribution < 1.29 is 14.3 Å². The molecule has 1 atom stereocenters. The summed E-state index contributed by atoms with van der Waals surface area (Å²) in [5.41, 5.74) is 5.69. The molecule has 0 fully saturated rings. The molecule has 31 heavy (non-hydrogen) atoms. The number of nitrogens with zero attached hydrogens (tertiary/aromatic N) is 3. The van der Waals surface area contributed by atoms with Crippen LogP contribution in [0, 0.1) is 0 Å². The molecule has 1 aromatic carbocycles. The van der Waals surface area contributed by atoms with Crippen LogP contribution in [-0.4, -0.2) is 44.7 Å². The number of ether oxygens (including phenoxy) is 1. The maximum atomic E-state index is 13.6. The number of aromatic nitrogens is 3. The Balaban J connectivity index is 1.46. The first-order chi connectivity index (χ1) is 15.1. The summed E-state index contributed by atoms with van der Waals surface area (Å²) in [6, 6.07) is 8.29. The lowest BCUT2D eigenvalue weighted by molar-refractivity contribution is -0.134. The number of H-pyrrole nitrogens is 1. The van der Waals surface area contributed by atoms with Crippen LogP contribution in [0.25, 0.3) is 10.9 Å². The normalized spacial score (nSPS) is 18.0. The topological polar surface area (TPSA) is 80.2 Å². The van der Waals surface area contributed by atoms with Crippen LogP contribution in [0.1, 0.15) is 65.6 Å². The number of carbonyl (C=O) groups excluding carboxylic acids is 2. The molecule has 1 unspecified atom stereocenters. The molecule has 7 nitrogen and oxygen atoms in total. The highest BCUT2D eigenvalue weighted by molar-refractivity contribution is 5.92. The number of esters is 1. The summed E-state index contributed by atoms with van der Waals surface area (Å²) in [7, 11) is 0. The van der Waals surface area contributed by atoms with Crippen molar-refractivity contribution in [2.75, 3.05) is 13.2 Å². The third-order valence-electron chi connectivity index (χ3n) is 6.63. The van der Waals surface area contributed by atoms with Gasteiger partial charge in [0.1, 0.15) is 0 Å². The average Bonchev–Trinajstić information content (AvgIpc) is 3.36. The van der Waals surface area contributed by atoms with E-state index in [2.05, 4.69) is 28.3 Å². The van der Waals surface area contributed by atoms with Crippen LogP contribution in [0.5, 0.6) is 0 Å². The predicted molar refractivity (Wildman–Crippen MR) is 117 cm³/mol. The van der Waals surface area contributed by atoms with Crippen molar-refractivity contribution in [2.24, 2.45) is 0 Å². The van der Waals surface area contributed by atoms with Gasteiger partial charge in [-0.3, -0.25) is 9.48 Å². The summed E-state index contributed by atoms with van der Waals surface area (Å²) in [4.78, 5) is 31.6. The maximum absolute atomic E-state index is 13.6. The van der Waals surface area contributed by atoms with Gasteiger partial charge in [-0.25, -0.2) is 4.79 Å². The molecule has 0 saturated carbocycles. The molecule has 1 amide bonds. The van der Waals surface area contributed by atoms with E-state index in [9.17, 15) is 9.59 Å². The van der Waals surface area contributed by atoms with E-state index < -0.39 is 5.97 Å². The Morgan fingerprint density at radius 1 is 1.19 bits per heavy atom. The van der Waals surface area contributed by atoms with Gasteiger partial charge in [-0.2, -0.15) is 5.10 Å². The van der Waals surface area contributed by atoms with Gasteiger partial charge in [-0.15, -0.1) is 0 Å². The Morgan fingerprint density at radius 2 is 2.03 bits per heavy atom. The second kappa shape index (κ2) is 7.87. The van der Waals surface area contributed by atoms with Crippen molar-refractivity contribution in [3.05, 3.63) is 52.5 Å². The average molecular weight is 421 g/mol. The summed E-state index contributed by atoms with van der Waals surface area (Å²) < 4.78 is 7.10. The number of hydrogen-bond donors (Lipinski definition) is 1. The van der Waals surface area contributed by atoms with Gasteiger partial charge in [0.2, 0.25) is 5.91 Å². The molecule has 0 spiro atoms. The smallest absolute Gasteiger partial charge is 0.359 e. The van der Waals surface area contributed by atoms with Crippen molar-refractivity contribution in [1.82, 2.24) is 19.7 Å². The minimum atomic E-state index is -0.407. The summed E-state index contributed by atoms with van der Waals surface area (Å²) in [6.07, 6.45) is 3.56. The lowest BCUT2D eigenvalue weighted by atomic mass is 9.85. The number of carbonyl (C=O) groups is 2. The highest BCUT2D eigenvalue weighted by Gasteiger charge is 2.36. The Labute approximate surface area is 181 Å². The van der Waals surface area contributed by atoms with Gasteiger partial charge in [-0.1, -0.05) is 18.2 Å². The lowest BCUT2D eigenvalue weighted by Gasteiger charge is -2.32. The van der Waals surface area contributed by atoms with E-state index in [1.54, 1.807) is 6.92 Å². The number of para-hydroxylation sites is 1. The molecule has 5 rings (SSSR count). The van der Waals surface area contributed by atoms with Crippen molar-refractivity contribution in [1.29, 1.82) is 0 Å². The van der Waals surface area contributed by atoms with E-state index in [-0.39, 0.29) is 11.8 Å². The zero-order chi connectivity index (χ0) is 21.5. The highest BCUT2D eigenvalue weighted by Crippen LogP contribution is 2.38. The van der Waals surface area contributed by atoms with Gasteiger partial charge in [0.25, 0.3) is 0 Å². The van der Waals surface area contributed by atoms with Crippen LogP contribution < -0.4 is 0 Å². The molecule has 1 N–H and O–H groups in total. The number of fused-ring (bicyclic) bond motifs is 4. The molecule has 1 aliphatic heterocycles. The zero-order valence-electron chi connectivity index (χ0n) is 18.1. The van der Waals surface area contributed by atoms with E-state index in [0.717, 1.165) is 41.7 Å². The monoisotopic (exact) mass is 420 g/mol. The van der Waals surface area contributed by atoms with Crippen molar-refractivity contribution in [2.45, 2.75) is 58.5 Å². The molecule has 2 aliphatic rings. The third kappa shape index (κ3) is 3.23. The van der Waals surface area contributed by atoms with Crippen molar-refractivity contribution in [3.63, 3.8) is 0 Å². The molecule has 3 aromatic rings. The fourth-order valence-electron chi connectivity index (χ4n) is 5.19. The van der Waals surface area contributed by atoms with Gasteiger partial charge in [0.05, 0.1) is 12.5 Å². The van der Waals surface area contributed by atoms with Crippen LogP contribution in [0.2, 0.25) is 0 Å². The van der Waals surface area contributed by atoms with Gasteiger partial charge in [-0.05, 0) is 44.7 Å². The summed E-state index contributed by atoms with van der Waals surface area (Å²) in [5.74, 6) is -0.432. The first-order valence-corrected chi connectivity index (χ1v) is 11.3. The molecule has 162 valence electrons. The second-order valence-electron chi connectivity index (χ2n) is 8.33. The van der Waals surface area contributed by atoms with Crippen molar-refractivity contribution >= 4 is 22.8 Å². The number of aromatic amines is 1. The zero-order valence-corrected chi connectivity index (χ0v) is 18.1. The Hall–Kier alpha value is -3.09. The van der Waals surface area contributed by atoms with Gasteiger partial charge >= 0.3 is 5.97 Å². The highest BCUT2D eigenvalue weighted by atomic mass is 16.5. The molecule has 0 bridgehead atoms. The largest absolute Gasteiger partial charge is 0.461 e. The minimum Gasteiger partial charge on any atom is -0.461 e. The first-order valence-electron chi connectivity index (χ1n) is 11.3. The number of nitrogens with one attached hydrogen (secondary N) is 1. The van der Waals surface area contributed by atoms with E-state index in [1.807, 2.05) is 22.6 Å². The number of aryl methyl sites for hydroxylation is 2. The SMILES string of the molecule is CCOC(=O)c1nn(CC)c2c1CN(C(=O)C1CCCc3c1[nH]c1ccccc31)CC2. The van der Waals surface area contributed by atoms with Gasteiger partial charge in [0.15, 0.2) is 5.69 Å². The summed E-state index contributed by atoms with van der Waals surface area (Å²) >= 11 is 0. The quantitative estimate of drug-likeness (QED) is 0.655. The number of benzene rings is 1. The Kier molecular flexibility index (Phi) is 5.04. The first kappa shape index (κ1) is 19.8. The molecular weight excluding hydrogens is 392 g/mol. The van der Waals surface area contributed by atoms with Crippen LogP contribution in [0.4, 0.5) is 0 Å². The third-order valence-corrected chi connectivity index (χ3v) is 6.63. The fraction of sp³-hybridized carbons (Fsp3) is 0.458. The van der Waals surface area contributed by atoms with Crippen LogP contribution in [0.15, 0.2) is 24.3 Å². The van der Waals surface area contributed by atoms with E-state index in [1.165, 1.54) is 10.9 Å². The summed E-state index contributed by atoms with van der Waals surface area (Å²) in [5, 5.41) is 5.72. The molecule has 7 heteroatoms. The minimum absolute atomic E-state index is 0.136. The second-order valence-corrected chi connectivity index (χ2v) is 8.33. The van der Waals surface area contributed by atoms with Crippen molar-refractivity contribution in [3.8, 4) is 0 Å². The maximum Gasteiger partial charge on any atom is 0.359 e. The number of hydrogen-bond acceptors (Lipinski definition) is 4. The molecule has 0 radical (unpaired) electrons. The van der Waals surface area contributed by atoms with E-state index >= 15 is 0 Å². The molecule has 1 aliphatic carbocycles. The molecule has 0 saturated heterocycles. The lowest BCUT2D eigenvalue weighted by Crippen LogP contribution is -2.40. The standard InChI is InChI=1S/C24H28N4O3/c1-3-28-20-12-13-27(14-18(20)22(26-28)24(30)31-4-2)23(29)17-10-7-9-16-15-8-5-6-11-19(15)25-21(16)17/h5-6,8,11,17,25H,3-4,7,9-10,12-14H2,1-2H3. The summed E-state index contributed by atoms with van der Waals surface area (Å²) in [6.45, 7) is 5.86. The fourth-order valence-corrected chi connectivity index (χ4v) is 5.19. The number of amides is 1. The molecule has 2 aromatic heterocycles. The predicted octanol–water partition coefficient (Wildman–Crippen LogP) is 3.57. The van der Waals surface area contributed by atoms with Crippen LogP contribution in [0.3, 0.4) is 0 Å². The van der Waals surface area contributed by atoms with E-state index in [4.69, 9.17) is 4.74 Å². The van der Waals surface area contributed by atoms with Crippen LogP contribution in [-0.2, 0) is 35.5 Å². The molecule has 3 heterocycles. The Bertz CT molecular complexity index is 1160. The van der Waals surface area contributed by atoms with Gasteiger partial charge in [0, 0.05) is 53.9 Å². The van der Waals surface area contributed by atoms with Crippen LogP contribution >= 0.6 is 0 Å². The van der Waals surface area contributed by atoms with Gasteiger partial charge < -0.3 is 14.6 Å². The molecular formula is C24H28N4O3. The number of rotatable bonds is 4.